The first-order chi connectivity index (χ1) is 6.81. The van der Waals surface area contributed by atoms with Gasteiger partial charge in [-0.25, -0.2) is 0 Å². The number of rotatable bonds is 10. The highest BCUT2D eigenvalue weighted by atomic mass is 32.2. The van der Waals surface area contributed by atoms with Crippen molar-refractivity contribution in [2.24, 2.45) is 0 Å². The summed E-state index contributed by atoms with van der Waals surface area (Å²) in [6.45, 7) is 7.64. The van der Waals surface area contributed by atoms with Crippen molar-refractivity contribution in [1.29, 1.82) is 0 Å². The summed E-state index contributed by atoms with van der Waals surface area (Å²) in [7, 11) is 0. The Kier molecular flexibility index (Phi) is 12.9. The largest absolute Gasteiger partial charge is 0.304 e. The number of nitrogens with one attached hydrogen (secondary N) is 2. The molecule has 0 amide bonds. The van der Waals surface area contributed by atoms with Gasteiger partial charge in [0.15, 0.2) is 0 Å². The zero-order valence-electron chi connectivity index (χ0n) is 9.34. The van der Waals surface area contributed by atoms with E-state index in [1.165, 1.54) is 11.5 Å². The van der Waals surface area contributed by atoms with Crippen LogP contribution in [0.2, 0.25) is 0 Å². The summed E-state index contributed by atoms with van der Waals surface area (Å²) in [5, 5.41) is 4.60. The fourth-order valence-electron chi connectivity index (χ4n) is 0.726. The Bertz CT molecular complexity index is 114. The lowest BCUT2D eigenvalue weighted by atomic mass is 10.4. The molecule has 5 heteroatoms. The van der Waals surface area contributed by atoms with E-state index < -0.39 is 0 Å². The molecule has 0 radical (unpaired) electrons. The second-order valence-electron chi connectivity index (χ2n) is 2.85. The first-order valence-electron chi connectivity index (χ1n) is 5.04. The summed E-state index contributed by atoms with van der Waals surface area (Å²) in [5.74, 6) is 3.46. The van der Waals surface area contributed by atoms with Gasteiger partial charge in [0, 0.05) is 18.5 Å². The Labute approximate surface area is 101 Å². The van der Waals surface area contributed by atoms with Gasteiger partial charge in [0.2, 0.25) is 0 Å². The Morgan fingerprint density at radius 3 is 2.50 bits per heavy atom. The highest BCUT2D eigenvalue weighted by molar-refractivity contribution is 8.15. The molecule has 0 saturated carbocycles. The summed E-state index contributed by atoms with van der Waals surface area (Å²) >= 11 is 5.70. The number of hydrogen-bond donors (Lipinski definition) is 2. The molecule has 0 aromatic carbocycles. The molecule has 0 aliphatic carbocycles. The zero-order valence-corrected chi connectivity index (χ0v) is 11.8. The van der Waals surface area contributed by atoms with Gasteiger partial charge in [0.05, 0.1) is 5.08 Å². The van der Waals surface area contributed by atoms with Gasteiger partial charge in [-0.2, -0.15) is 0 Å². The molecule has 0 saturated heterocycles. The summed E-state index contributed by atoms with van der Waals surface area (Å²) in [6, 6.07) is 0.563. The maximum atomic E-state index is 3.45. The minimum Gasteiger partial charge on any atom is -0.304 e. The van der Waals surface area contributed by atoms with Crippen molar-refractivity contribution in [3.8, 4) is 0 Å². The van der Waals surface area contributed by atoms with E-state index in [1.807, 2.05) is 35.5 Å². The Morgan fingerprint density at radius 2 is 1.86 bits per heavy atom. The molecular formula is C9H22N2S3. The van der Waals surface area contributed by atoms with Crippen LogP contribution in [0.15, 0.2) is 0 Å². The van der Waals surface area contributed by atoms with Gasteiger partial charge >= 0.3 is 0 Å². The average molecular weight is 254 g/mol. The van der Waals surface area contributed by atoms with E-state index in [0.717, 1.165) is 17.5 Å². The van der Waals surface area contributed by atoms with Crippen molar-refractivity contribution in [3.05, 3.63) is 0 Å². The van der Waals surface area contributed by atoms with E-state index in [1.54, 1.807) is 0 Å². The van der Waals surface area contributed by atoms with E-state index in [-0.39, 0.29) is 0 Å². The normalized spacial score (nSPS) is 13.1. The van der Waals surface area contributed by atoms with Crippen molar-refractivity contribution in [3.63, 3.8) is 0 Å². The van der Waals surface area contributed by atoms with Gasteiger partial charge in [0.1, 0.15) is 0 Å². The third-order valence-corrected chi connectivity index (χ3v) is 4.27. The summed E-state index contributed by atoms with van der Waals surface area (Å²) in [5.41, 5.74) is 0. The maximum Gasteiger partial charge on any atom is 0.0537 e. The minimum absolute atomic E-state index is 0.563. The standard InChI is InChI=1S/C9H22N2S3/c1-4-12-7-10-9(3)6-11-14-8-13-5-2/h9-11H,4-8H2,1-3H3. The van der Waals surface area contributed by atoms with E-state index in [0.29, 0.717) is 6.04 Å². The minimum atomic E-state index is 0.563. The molecule has 1 atom stereocenters. The smallest absolute Gasteiger partial charge is 0.0537 e. The molecule has 0 fully saturated rings. The molecular weight excluding hydrogens is 232 g/mol. The lowest BCUT2D eigenvalue weighted by Gasteiger charge is -2.13. The molecule has 0 rings (SSSR count). The van der Waals surface area contributed by atoms with Crippen LogP contribution < -0.4 is 10.0 Å². The fourth-order valence-corrected chi connectivity index (χ4v) is 3.03. The Balaban J connectivity index is 3.06. The first-order valence-corrected chi connectivity index (χ1v) is 8.34. The van der Waals surface area contributed by atoms with Gasteiger partial charge in [-0.3, -0.25) is 4.72 Å². The SMILES string of the molecule is CCSCNC(C)CNSCSCC. The van der Waals surface area contributed by atoms with Crippen LogP contribution >= 0.6 is 35.5 Å². The molecule has 86 valence electrons. The van der Waals surface area contributed by atoms with E-state index in [2.05, 4.69) is 30.8 Å². The molecule has 1 unspecified atom stereocenters. The molecule has 0 aliphatic rings. The van der Waals surface area contributed by atoms with Crippen LogP contribution in [0, 0.1) is 0 Å². The molecule has 2 N–H and O–H groups in total. The van der Waals surface area contributed by atoms with Gasteiger partial charge in [-0.15, -0.1) is 23.5 Å². The molecule has 2 nitrogen and oxygen atoms in total. The third kappa shape index (κ3) is 11.0. The molecule has 0 aromatic rings. The van der Waals surface area contributed by atoms with Gasteiger partial charge in [-0.1, -0.05) is 25.8 Å². The van der Waals surface area contributed by atoms with Crippen LogP contribution in [-0.2, 0) is 0 Å². The lowest BCUT2D eigenvalue weighted by Crippen LogP contribution is -2.33. The van der Waals surface area contributed by atoms with Crippen molar-refractivity contribution in [2.45, 2.75) is 26.8 Å². The van der Waals surface area contributed by atoms with Crippen LogP contribution in [0.3, 0.4) is 0 Å². The molecule has 0 bridgehead atoms. The molecule has 0 spiro atoms. The second kappa shape index (κ2) is 12.0. The molecule has 0 aliphatic heterocycles. The molecule has 14 heavy (non-hydrogen) atoms. The van der Waals surface area contributed by atoms with E-state index in [4.69, 9.17) is 0 Å². The van der Waals surface area contributed by atoms with Crippen LogP contribution in [0.1, 0.15) is 20.8 Å². The maximum absolute atomic E-state index is 3.45. The summed E-state index contributed by atoms with van der Waals surface area (Å²) in [6.07, 6.45) is 0. The van der Waals surface area contributed by atoms with E-state index >= 15 is 0 Å². The summed E-state index contributed by atoms with van der Waals surface area (Å²) < 4.78 is 3.37. The van der Waals surface area contributed by atoms with Crippen molar-refractivity contribution in [1.82, 2.24) is 10.0 Å². The van der Waals surface area contributed by atoms with Gasteiger partial charge in [-0.05, 0) is 18.4 Å². The van der Waals surface area contributed by atoms with Crippen molar-refractivity contribution in [2.75, 3.05) is 29.0 Å². The molecule has 0 heterocycles. The Morgan fingerprint density at radius 1 is 1.14 bits per heavy atom. The quantitative estimate of drug-likeness (QED) is 0.355. The van der Waals surface area contributed by atoms with E-state index in [9.17, 15) is 0 Å². The van der Waals surface area contributed by atoms with Crippen LogP contribution in [0.25, 0.3) is 0 Å². The number of hydrogen-bond acceptors (Lipinski definition) is 5. The van der Waals surface area contributed by atoms with Gasteiger partial charge < -0.3 is 5.32 Å². The highest BCUT2D eigenvalue weighted by Gasteiger charge is 1.99. The highest BCUT2D eigenvalue weighted by Crippen LogP contribution is 2.07. The van der Waals surface area contributed by atoms with Crippen molar-refractivity contribution >= 4 is 35.5 Å². The van der Waals surface area contributed by atoms with Crippen LogP contribution in [0.5, 0.6) is 0 Å². The van der Waals surface area contributed by atoms with Crippen LogP contribution in [0.4, 0.5) is 0 Å². The van der Waals surface area contributed by atoms with Gasteiger partial charge in [0.25, 0.3) is 0 Å². The third-order valence-electron chi connectivity index (χ3n) is 1.58. The van der Waals surface area contributed by atoms with Crippen molar-refractivity contribution < 1.29 is 0 Å². The topological polar surface area (TPSA) is 24.1 Å². The zero-order chi connectivity index (χ0) is 10.6. The second-order valence-corrected chi connectivity index (χ2v) is 6.63. The summed E-state index contributed by atoms with van der Waals surface area (Å²) in [4.78, 5) is 0. The fraction of sp³-hybridized carbons (Fsp3) is 1.00. The first kappa shape index (κ1) is 15.0. The van der Waals surface area contributed by atoms with Crippen LogP contribution in [-0.4, -0.2) is 35.1 Å². The average Bonchev–Trinajstić information content (AvgIpc) is 2.18. The lowest BCUT2D eigenvalue weighted by molar-refractivity contribution is 0.595. The number of thioether (sulfide) groups is 2. The predicted octanol–water partition coefficient (Wildman–Crippen LogP) is 2.62. The molecule has 0 aromatic heterocycles. The Hall–Kier alpha value is 0.970. The monoisotopic (exact) mass is 254 g/mol. The predicted molar refractivity (Wildman–Crippen MR) is 74.2 cm³/mol.